The van der Waals surface area contributed by atoms with Crippen LogP contribution in [0, 0.1) is 5.92 Å². The molecule has 3 amide bonds. The van der Waals surface area contributed by atoms with E-state index in [0.29, 0.717) is 24.9 Å². The number of imide groups is 1. The summed E-state index contributed by atoms with van der Waals surface area (Å²) in [6, 6.07) is 0.317. The summed E-state index contributed by atoms with van der Waals surface area (Å²) in [4.78, 5) is 29.4. The number of fused-ring (bicyclic) bond motifs is 2. The van der Waals surface area contributed by atoms with Gasteiger partial charge in [0.25, 0.3) is 0 Å². The van der Waals surface area contributed by atoms with Crippen molar-refractivity contribution in [3.8, 4) is 0 Å². The number of amides is 3. The topological polar surface area (TPSA) is 111 Å². The van der Waals surface area contributed by atoms with E-state index in [4.69, 9.17) is 0 Å². The number of urea groups is 1. The van der Waals surface area contributed by atoms with Crippen molar-refractivity contribution in [1.82, 2.24) is 25.2 Å². The highest BCUT2D eigenvalue weighted by Gasteiger charge is 2.52. The van der Waals surface area contributed by atoms with Crippen molar-refractivity contribution < 1.29 is 18.0 Å². The zero-order chi connectivity index (χ0) is 22.0. The van der Waals surface area contributed by atoms with Crippen molar-refractivity contribution in [3.05, 3.63) is 0 Å². The van der Waals surface area contributed by atoms with Crippen molar-refractivity contribution >= 4 is 22.0 Å². The van der Waals surface area contributed by atoms with E-state index in [1.165, 1.54) is 17.7 Å². The Kier molecular flexibility index (Phi) is 5.35. The lowest BCUT2D eigenvalue weighted by Gasteiger charge is -2.47. The zero-order valence-corrected chi connectivity index (χ0v) is 19.3. The lowest BCUT2D eigenvalue weighted by molar-refractivity contribution is -0.140. The smallest absolute Gasteiger partial charge is 0.324 e. The second-order valence-corrected chi connectivity index (χ2v) is 12.5. The Morgan fingerprint density at radius 3 is 2.32 bits per heavy atom. The highest BCUT2D eigenvalue weighted by Crippen LogP contribution is 2.39. The molecule has 0 radical (unpaired) electrons. The molecular weight excluding hydrogens is 418 g/mol. The van der Waals surface area contributed by atoms with Crippen LogP contribution in [0.3, 0.4) is 0 Å². The molecule has 5 aliphatic rings. The van der Waals surface area contributed by atoms with Crippen LogP contribution in [0.5, 0.6) is 0 Å². The van der Waals surface area contributed by atoms with Crippen LogP contribution in [0.25, 0.3) is 0 Å². The third-order valence-corrected chi connectivity index (χ3v) is 10.3. The number of nitrogens with zero attached hydrogens (tertiary/aromatic N) is 2. The van der Waals surface area contributed by atoms with Crippen molar-refractivity contribution in [2.24, 2.45) is 5.92 Å². The minimum absolute atomic E-state index is 0.106. The molecule has 0 aromatic heterocycles. The summed E-state index contributed by atoms with van der Waals surface area (Å²) in [6.45, 7) is 2.21. The Morgan fingerprint density at radius 1 is 1.06 bits per heavy atom. The Labute approximate surface area is 184 Å². The first-order valence-electron chi connectivity index (χ1n) is 11.8. The lowest BCUT2D eigenvalue weighted by atomic mass is 9.81. The second kappa shape index (κ2) is 7.67. The van der Waals surface area contributed by atoms with E-state index in [-0.39, 0.29) is 42.7 Å². The van der Waals surface area contributed by atoms with E-state index in [2.05, 4.69) is 15.4 Å². The van der Waals surface area contributed by atoms with E-state index in [1.807, 2.05) is 6.92 Å². The Morgan fingerprint density at radius 2 is 1.71 bits per heavy atom. The molecule has 2 heterocycles. The SMILES string of the molecule is CN1C(=O)N(CC2NC3CCCCC3N2)C(=O)C2CC(S(=O)(=O)NC3(C)CC3)CCC21. The zero-order valence-electron chi connectivity index (χ0n) is 18.5. The summed E-state index contributed by atoms with van der Waals surface area (Å²) in [6.07, 6.45) is 7.56. The summed E-state index contributed by atoms with van der Waals surface area (Å²) < 4.78 is 28.7. The highest BCUT2D eigenvalue weighted by molar-refractivity contribution is 7.90. The van der Waals surface area contributed by atoms with Crippen molar-refractivity contribution in [2.75, 3.05) is 13.6 Å². The van der Waals surface area contributed by atoms with Gasteiger partial charge in [-0.05, 0) is 51.9 Å². The molecule has 3 N–H and O–H groups in total. The van der Waals surface area contributed by atoms with Crippen molar-refractivity contribution in [3.63, 3.8) is 0 Å². The van der Waals surface area contributed by atoms with Crippen molar-refractivity contribution in [1.29, 1.82) is 0 Å². The van der Waals surface area contributed by atoms with Crippen LogP contribution < -0.4 is 15.4 Å². The van der Waals surface area contributed by atoms with Crippen LogP contribution in [-0.4, -0.2) is 78.8 Å². The molecule has 2 saturated heterocycles. The second-order valence-electron chi connectivity index (χ2n) is 10.5. The molecule has 2 aliphatic heterocycles. The number of nitrogens with one attached hydrogen (secondary N) is 3. The van der Waals surface area contributed by atoms with E-state index >= 15 is 0 Å². The molecule has 5 atom stereocenters. The summed E-state index contributed by atoms with van der Waals surface area (Å²) in [5.74, 6) is -0.683. The standard InChI is InChI=1S/C21H35N5O4S/c1-21(9-10-21)24-31(29,30)13-7-8-17-14(11-13)19(27)26(20(28)25(17)2)12-18-22-15-5-3-4-6-16(15)23-18/h13-18,22-24H,3-12H2,1-2H3. The molecule has 3 aliphatic carbocycles. The van der Waals surface area contributed by atoms with Crippen LogP contribution in [-0.2, 0) is 14.8 Å². The maximum atomic E-state index is 13.4. The van der Waals surface area contributed by atoms with Gasteiger partial charge in [-0.25, -0.2) is 17.9 Å². The van der Waals surface area contributed by atoms with Crippen molar-refractivity contribution in [2.45, 2.75) is 99.8 Å². The predicted octanol–water partition coefficient (Wildman–Crippen LogP) is 0.720. The van der Waals surface area contributed by atoms with Crippen LogP contribution in [0.4, 0.5) is 4.79 Å². The number of rotatable bonds is 5. The number of carbonyl (C=O) groups excluding carboxylic acids is 2. The molecule has 10 heteroatoms. The minimum Gasteiger partial charge on any atom is -0.324 e. The van der Waals surface area contributed by atoms with Gasteiger partial charge in [0, 0.05) is 30.7 Å². The molecule has 5 rings (SSSR count). The molecular formula is C21H35N5O4S. The van der Waals surface area contributed by atoms with Gasteiger partial charge in [-0.1, -0.05) is 12.8 Å². The molecule has 31 heavy (non-hydrogen) atoms. The minimum atomic E-state index is -3.49. The largest absolute Gasteiger partial charge is 0.326 e. The van der Waals surface area contributed by atoms with Crippen LogP contribution in [0.2, 0.25) is 0 Å². The maximum absolute atomic E-state index is 13.4. The first-order chi connectivity index (χ1) is 14.7. The average Bonchev–Trinajstić information content (AvgIpc) is 3.30. The third-order valence-electron chi connectivity index (χ3n) is 8.17. The molecule has 0 aromatic carbocycles. The fraction of sp³-hybridized carbons (Fsp3) is 0.905. The van der Waals surface area contributed by atoms with E-state index in [0.717, 1.165) is 25.7 Å². The Hall–Kier alpha value is -1.23. The molecule has 5 unspecified atom stereocenters. The molecule has 5 fully saturated rings. The van der Waals surface area contributed by atoms with Gasteiger partial charge in [-0.15, -0.1) is 0 Å². The molecule has 9 nitrogen and oxygen atoms in total. The number of hydrogen-bond acceptors (Lipinski definition) is 6. The highest BCUT2D eigenvalue weighted by atomic mass is 32.2. The number of hydrogen-bond donors (Lipinski definition) is 3. The number of sulfonamides is 1. The van der Waals surface area contributed by atoms with Gasteiger partial charge < -0.3 is 4.90 Å². The summed E-state index contributed by atoms with van der Waals surface area (Å²) in [7, 11) is -1.74. The summed E-state index contributed by atoms with van der Waals surface area (Å²) in [5, 5.41) is 6.53. The predicted molar refractivity (Wildman–Crippen MR) is 116 cm³/mol. The van der Waals surface area contributed by atoms with Gasteiger partial charge in [-0.3, -0.25) is 20.3 Å². The summed E-state index contributed by atoms with van der Waals surface area (Å²) >= 11 is 0. The fourth-order valence-corrected chi connectivity index (χ4v) is 7.99. The normalized spacial score (nSPS) is 39.9. The van der Waals surface area contributed by atoms with E-state index in [9.17, 15) is 18.0 Å². The Balaban J connectivity index is 1.28. The van der Waals surface area contributed by atoms with E-state index < -0.39 is 21.2 Å². The maximum Gasteiger partial charge on any atom is 0.326 e. The third kappa shape index (κ3) is 4.00. The molecule has 174 valence electrons. The quantitative estimate of drug-likeness (QED) is 0.566. The van der Waals surface area contributed by atoms with Gasteiger partial charge in [0.05, 0.1) is 23.9 Å². The monoisotopic (exact) mass is 453 g/mol. The van der Waals surface area contributed by atoms with Gasteiger partial charge >= 0.3 is 6.03 Å². The van der Waals surface area contributed by atoms with Gasteiger partial charge in [0.1, 0.15) is 0 Å². The summed E-state index contributed by atoms with van der Waals surface area (Å²) in [5.41, 5.74) is -0.318. The van der Waals surface area contributed by atoms with Crippen LogP contribution >= 0.6 is 0 Å². The first-order valence-corrected chi connectivity index (χ1v) is 13.3. The Bertz CT molecular complexity index is 846. The fourth-order valence-electron chi connectivity index (χ4n) is 6.02. The average molecular weight is 454 g/mol. The molecule has 0 spiro atoms. The van der Waals surface area contributed by atoms with Crippen LogP contribution in [0.15, 0.2) is 0 Å². The van der Waals surface area contributed by atoms with Gasteiger partial charge in [0.2, 0.25) is 15.9 Å². The molecule has 0 aromatic rings. The van der Waals surface area contributed by atoms with Gasteiger partial charge in [0.15, 0.2) is 0 Å². The number of carbonyl (C=O) groups is 2. The van der Waals surface area contributed by atoms with Gasteiger partial charge in [-0.2, -0.15) is 0 Å². The first kappa shape index (κ1) is 21.6. The van der Waals surface area contributed by atoms with Crippen LogP contribution in [0.1, 0.15) is 64.7 Å². The lowest BCUT2D eigenvalue weighted by Crippen LogP contribution is -2.65. The molecule has 3 saturated carbocycles. The van der Waals surface area contributed by atoms with E-state index in [1.54, 1.807) is 11.9 Å². The molecule has 0 bridgehead atoms.